The largest absolute Gasteiger partial charge is 0.497 e. The van der Waals surface area contributed by atoms with Gasteiger partial charge in [-0.25, -0.2) is 0 Å². The molecule has 1 saturated carbocycles. The predicted octanol–water partition coefficient (Wildman–Crippen LogP) is 20.7. The van der Waals surface area contributed by atoms with E-state index in [9.17, 15) is 9.59 Å². The first-order valence-electron chi connectivity index (χ1n) is 35.6. The molecule has 14 rings (SSSR count). The van der Waals surface area contributed by atoms with Crippen LogP contribution in [0, 0.1) is 37.0 Å². The molecule has 0 aromatic heterocycles. The number of aryl methyl sites for hydroxylation is 2. The van der Waals surface area contributed by atoms with Gasteiger partial charge in [0.25, 0.3) is 0 Å². The SMILES string of the molecule is COc1ccc(C(=O)C2CCC(C(=O)Oc3ccc(CO)cc3)CC2)cc1.COc1ccc(NNc2ccc(CO)cc2)cc1.Cc1ccc(-c2ccc(C#N)cc2)cc1.Cc1ccc(N=Cc2ccc(CO)cc2)cc1.O.c1ccc(-c2ccc(-c3ccc(-c4ccc(-c5ccccc5)cc4)cc3)cc2)cc1. The first-order chi connectivity index (χ1) is 52.3. The number of benzene rings is 13. The zero-order valence-electron chi connectivity index (χ0n) is 61.1. The second-order valence-corrected chi connectivity index (χ2v) is 25.7. The standard InChI is InChI=1S/C30H22.C22H24O5.C15H15NO.C14H16N2O2.C14H11N.H2O/c1-3-7-23(8-4-1)25-11-15-27(16-12-25)29-19-21-30(22-20-29)28-17-13-26(14-18-28)24-9-5-2-6-10-24;1-26-19-12-8-17(9-13-19)21(24)16-4-6-18(7-5-16)22(25)27-20-10-2-15(14-23)3-11-20;1-12-2-8-15(9-3-12)16-10-13-4-6-14(11-17)7-5-13;1-18-14-8-6-13(7-9-14)16-15-12-4-2-11(10-17)3-5-12;1-11-2-6-13(7-3-11)14-8-4-12(10-15)5-9-14;/h1-22H;2-3,8-13,16,18,23H,4-7,14H2,1H3;2-10,17H,11H2,1H3;2-9,15-17H,10H2,1H3;2-9H,1H3;1H2. The Morgan fingerprint density at radius 3 is 1.09 bits per heavy atom. The molecule has 0 aliphatic heterocycles. The summed E-state index contributed by atoms with van der Waals surface area (Å²) in [6, 6.07) is 110. The van der Waals surface area contributed by atoms with Crippen LogP contribution in [0.2, 0.25) is 0 Å². The highest BCUT2D eigenvalue weighted by molar-refractivity contribution is 5.98. The number of anilines is 2. The minimum atomic E-state index is -0.248. The van der Waals surface area contributed by atoms with Crippen molar-refractivity contribution in [3.05, 3.63) is 372 Å². The maximum atomic E-state index is 12.6. The van der Waals surface area contributed by atoms with Gasteiger partial charge < -0.3 is 45.9 Å². The zero-order valence-corrected chi connectivity index (χ0v) is 61.1. The lowest BCUT2D eigenvalue weighted by atomic mass is 9.78. The van der Waals surface area contributed by atoms with Crippen molar-refractivity contribution in [1.82, 2.24) is 0 Å². The lowest BCUT2D eigenvalue weighted by Crippen LogP contribution is -2.28. The van der Waals surface area contributed by atoms with E-state index in [2.05, 4.69) is 193 Å². The number of hydrazine groups is 1. The highest BCUT2D eigenvalue weighted by atomic mass is 16.5. The molecule has 108 heavy (non-hydrogen) atoms. The normalized spacial score (nSPS) is 12.5. The number of aliphatic imine (C=N–C) groups is 1. The van der Waals surface area contributed by atoms with Crippen LogP contribution in [0.1, 0.15) is 75.0 Å². The lowest BCUT2D eigenvalue weighted by molar-refractivity contribution is -0.140. The minimum absolute atomic E-state index is 0. The van der Waals surface area contributed by atoms with E-state index in [0.717, 1.165) is 56.4 Å². The van der Waals surface area contributed by atoms with Gasteiger partial charge in [0.15, 0.2) is 5.78 Å². The van der Waals surface area contributed by atoms with Crippen molar-refractivity contribution in [2.75, 3.05) is 25.1 Å². The van der Waals surface area contributed by atoms with Crippen LogP contribution in [0.3, 0.4) is 0 Å². The maximum Gasteiger partial charge on any atom is 0.314 e. The molecular formula is C95H90N4O9. The number of nitriles is 1. The van der Waals surface area contributed by atoms with Crippen molar-refractivity contribution >= 4 is 35.0 Å². The highest BCUT2D eigenvalue weighted by Gasteiger charge is 2.31. The number of hydrogen-bond donors (Lipinski definition) is 5. The molecule has 13 aromatic rings. The summed E-state index contributed by atoms with van der Waals surface area (Å²) in [5, 5.41) is 35.6. The first-order valence-corrected chi connectivity index (χ1v) is 35.6. The van der Waals surface area contributed by atoms with E-state index in [4.69, 9.17) is 34.8 Å². The van der Waals surface area contributed by atoms with Crippen LogP contribution in [-0.2, 0) is 24.6 Å². The van der Waals surface area contributed by atoms with Crippen LogP contribution in [0.5, 0.6) is 17.2 Å². The molecule has 0 spiro atoms. The Balaban J connectivity index is 0.000000159. The fraction of sp³-hybridized carbons (Fsp3) is 0.137. The molecule has 13 heteroatoms. The second-order valence-electron chi connectivity index (χ2n) is 25.7. The fourth-order valence-electron chi connectivity index (χ4n) is 11.8. The average molecular weight is 1430 g/mol. The number of Topliss-reactive ketones (excluding diaryl/α,β-unsaturated/α-hetero) is 1. The fourth-order valence-corrected chi connectivity index (χ4v) is 11.8. The number of methoxy groups -OCH3 is 2. The molecule has 0 saturated heterocycles. The minimum Gasteiger partial charge on any atom is -0.497 e. The lowest BCUT2D eigenvalue weighted by Gasteiger charge is -2.26. The predicted molar refractivity (Wildman–Crippen MR) is 437 cm³/mol. The molecule has 0 unspecified atom stereocenters. The molecule has 0 radical (unpaired) electrons. The van der Waals surface area contributed by atoms with E-state index in [1.807, 2.05) is 128 Å². The van der Waals surface area contributed by atoms with Crippen LogP contribution in [0.15, 0.2) is 333 Å². The second kappa shape index (κ2) is 41.6. The Morgan fingerprint density at radius 1 is 0.398 bits per heavy atom. The molecule has 0 atom stereocenters. The number of rotatable bonds is 19. The summed E-state index contributed by atoms with van der Waals surface area (Å²) in [7, 11) is 3.24. The quantitative estimate of drug-likeness (QED) is 0.0169. The van der Waals surface area contributed by atoms with E-state index in [0.29, 0.717) is 42.6 Å². The van der Waals surface area contributed by atoms with Gasteiger partial charge in [0.2, 0.25) is 0 Å². The van der Waals surface area contributed by atoms with Gasteiger partial charge >= 0.3 is 5.97 Å². The van der Waals surface area contributed by atoms with Gasteiger partial charge in [-0.15, -0.1) is 0 Å². The molecule has 13 nitrogen and oxygen atoms in total. The Hall–Kier alpha value is -12.8. The monoisotopic (exact) mass is 1430 g/mol. The number of hydrogen-bond acceptors (Lipinski definition) is 12. The van der Waals surface area contributed by atoms with Gasteiger partial charge in [0.1, 0.15) is 17.2 Å². The summed E-state index contributed by atoms with van der Waals surface area (Å²) >= 11 is 0. The summed E-state index contributed by atoms with van der Waals surface area (Å²) in [5.41, 5.74) is 28.7. The summed E-state index contributed by atoms with van der Waals surface area (Å²) in [6.07, 6.45) is 4.51. The smallest absolute Gasteiger partial charge is 0.314 e. The summed E-state index contributed by atoms with van der Waals surface area (Å²) in [5.74, 6) is 1.69. The summed E-state index contributed by atoms with van der Waals surface area (Å²) in [4.78, 5) is 29.4. The maximum absolute atomic E-state index is 12.6. The van der Waals surface area contributed by atoms with E-state index in [1.54, 1.807) is 62.8 Å². The first kappa shape index (κ1) is 79.3. The van der Waals surface area contributed by atoms with E-state index < -0.39 is 0 Å². The van der Waals surface area contributed by atoms with Gasteiger partial charge in [-0.2, -0.15) is 5.26 Å². The Morgan fingerprint density at radius 2 is 0.713 bits per heavy atom. The number of nitrogens with zero attached hydrogens (tertiary/aromatic N) is 2. The molecule has 1 fully saturated rings. The number of ketones is 1. The molecule has 0 amide bonds. The van der Waals surface area contributed by atoms with E-state index in [-0.39, 0.29) is 48.9 Å². The van der Waals surface area contributed by atoms with Gasteiger partial charge in [0, 0.05) is 17.7 Å². The van der Waals surface area contributed by atoms with Crippen molar-refractivity contribution in [3.8, 4) is 79.0 Å². The number of aliphatic hydroxyl groups excluding tert-OH is 3. The van der Waals surface area contributed by atoms with Crippen LogP contribution in [-0.4, -0.2) is 53.0 Å². The van der Waals surface area contributed by atoms with Gasteiger partial charge in [-0.3, -0.25) is 14.6 Å². The summed E-state index contributed by atoms with van der Waals surface area (Å²) < 4.78 is 15.6. The van der Waals surface area contributed by atoms with Gasteiger partial charge in [-0.1, -0.05) is 242 Å². The van der Waals surface area contributed by atoms with Crippen molar-refractivity contribution in [1.29, 1.82) is 5.26 Å². The Labute approximate surface area is 633 Å². The molecule has 544 valence electrons. The van der Waals surface area contributed by atoms with Crippen molar-refractivity contribution in [2.24, 2.45) is 16.8 Å². The molecule has 7 N–H and O–H groups in total. The van der Waals surface area contributed by atoms with Gasteiger partial charge in [0.05, 0.1) is 68.7 Å². The van der Waals surface area contributed by atoms with Crippen LogP contribution in [0.25, 0.3) is 55.6 Å². The molecule has 1 aliphatic rings. The third-order valence-corrected chi connectivity index (χ3v) is 18.2. The highest BCUT2D eigenvalue weighted by Crippen LogP contribution is 2.34. The van der Waals surface area contributed by atoms with Gasteiger partial charge in [-0.05, 0) is 214 Å². The summed E-state index contributed by atoms with van der Waals surface area (Å²) in [6.45, 7) is 4.23. The van der Waals surface area contributed by atoms with Crippen molar-refractivity contribution in [2.45, 2.75) is 59.4 Å². The third kappa shape index (κ3) is 24.1. The third-order valence-electron chi connectivity index (χ3n) is 18.2. The van der Waals surface area contributed by atoms with Crippen molar-refractivity contribution < 1.29 is 44.6 Å². The number of nitrogens with one attached hydrogen (secondary N) is 2. The topological polar surface area (TPSA) is 214 Å². The average Bonchev–Trinajstić information content (AvgIpc) is 0.850. The number of carbonyl (C=O) groups is 2. The molecule has 0 bridgehead atoms. The van der Waals surface area contributed by atoms with Crippen LogP contribution in [0.4, 0.5) is 17.1 Å². The molecule has 13 aromatic carbocycles. The molecule has 0 heterocycles. The van der Waals surface area contributed by atoms with Crippen LogP contribution < -0.4 is 25.1 Å². The molecule has 1 aliphatic carbocycles. The number of carbonyl (C=O) groups excluding carboxylic acids is 2. The number of aliphatic hydroxyl groups is 3. The van der Waals surface area contributed by atoms with Crippen molar-refractivity contribution in [3.63, 3.8) is 0 Å². The number of ether oxygens (including phenoxy) is 3. The van der Waals surface area contributed by atoms with E-state index >= 15 is 0 Å². The Kier molecular flexibility index (Phi) is 30.6. The molecular weight excluding hydrogens is 1340 g/mol. The Bertz CT molecular complexity index is 4750. The van der Waals surface area contributed by atoms with Crippen LogP contribution >= 0.6 is 0 Å². The number of esters is 1. The van der Waals surface area contributed by atoms with E-state index in [1.165, 1.54) is 61.2 Å². The zero-order chi connectivity index (χ0) is 75.0.